The van der Waals surface area contributed by atoms with E-state index in [1.807, 2.05) is 49.4 Å². The number of hydrogen-bond donors (Lipinski definition) is 2. The molecule has 3 rings (SSSR count). The van der Waals surface area contributed by atoms with Gasteiger partial charge in [-0.2, -0.15) is 0 Å². The number of nitrogens with zero attached hydrogens (tertiary/aromatic N) is 2. The van der Waals surface area contributed by atoms with Crippen LogP contribution in [0, 0.1) is 0 Å². The van der Waals surface area contributed by atoms with E-state index in [2.05, 4.69) is 15.3 Å². The van der Waals surface area contributed by atoms with Gasteiger partial charge in [-0.25, -0.2) is 9.97 Å². The molecule has 118 valence electrons. The van der Waals surface area contributed by atoms with Crippen molar-refractivity contribution in [3.63, 3.8) is 0 Å². The summed E-state index contributed by atoms with van der Waals surface area (Å²) in [5.41, 5.74) is 1.88. The van der Waals surface area contributed by atoms with E-state index in [0.29, 0.717) is 17.3 Å². The van der Waals surface area contributed by atoms with Crippen molar-refractivity contribution in [3.05, 3.63) is 65.4 Å². The molecule has 0 fully saturated rings. The molecule has 2 aromatic carbocycles. The van der Waals surface area contributed by atoms with Gasteiger partial charge >= 0.3 is 0 Å². The number of aliphatic hydroxyl groups is 1. The van der Waals surface area contributed by atoms with Crippen LogP contribution in [0.25, 0.3) is 10.9 Å². The molecule has 3 aromatic rings. The molecule has 0 radical (unpaired) electrons. The minimum absolute atomic E-state index is 0.149. The van der Waals surface area contributed by atoms with Crippen LogP contribution in [0.3, 0.4) is 0 Å². The summed E-state index contributed by atoms with van der Waals surface area (Å²) in [7, 11) is 0. The molecule has 5 heteroatoms. The fourth-order valence-electron chi connectivity index (χ4n) is 2.49. The van der Waals surface area contributed by atoms with Crippen molar-refractivity contribution >= 4 is 28.3 Å². The third kappa shape index (κ3) is 3.78. The maximum absolute atomic E-state index is 10.4. The SMILES string of the molecule is CC(Nc1ncnc2cc(Cl)ccc12)C(O)Cc1ccccc1. The number of hydrogen-bond acceptors (Lipinski definition) is 4. The maximum atomic E-state index is 10.4. The van der Waals surface area contributed by atoms with E-state index in [4.69, 9.17) is 11.6 Å². The second-order valence-electron chi connectivity index (χ2n) is 5.57. The summed E-state index contributed by atoms with van der Waals surface area (Å²) in [6, 6.07) is 15.3. The van der Waals surface area contributed by atoms with Crippen molar-refractivity contribution in [2.24, 2.45) is 0 Å². The molecular weight excluding hydrogens is 310 g/mol. The smallest absolute Gasteiger partial charge is 0.137 e. The third-order valence-electron chi connectivity index (χ3n) is 3.83. The summed E-state index contributed by atoms with van der Waals surface area (Å²) >= 11 is 6.00. The van der Waals surface area contributed by atoms with Crippen molar-refractivity contribution in [1.82, 2.24) is 9.97 Å². The zero-order valence-corrected chi connectivity index (χ0v) is 13.5. The van der Waals surface area contributed by atoms with Crippen LogP contribution in [0.1, 0.15) is 12.5 Å². The number of anilines is 1. The molecule has 0 aliphatic rings. The lowest BCUT2D eigenvalue weighted by molar-refractivity contribution is 0.158. The topological polar surface area (TPSA) is 58.0 Å². The molecule has 23 heavy (non-hydrogen) atoms. The monoisotopic (exact) mass is 327 g/mol. The normalized spacial score (nSPS) is 13.7. The Morgan fingerprint density at radius 2 is 1.91 bits per heavy atom. The highest BCUT2D eigenvalue weighted by molar-refractivity contribution is 6.31. The minimum atomic E-state index is -0.519. The maximum Gasteiger partial charge on any atom is 0.137 e. The van der Waals surface area contributed by atoms with E-state index >= 15 is 0 Å². The second-order valence-corrected chi connectivity index (χ2v) is 6.01. The molecule has 0 saturated carbocycles. The Morgan fingerprint density at radius 1 is 1.13 bits per heavy atom. The van der Waals surface area contributed by atoms with Gasteiger partial charge in [0.25, 0.3) is 0 Å². The molecular formula is C18H18ClN3O. The average molecular weight is 328 g/mol. The third-order valence-corrected chi connectivity index (χ3v) is 4.06. The number of aliphatic hydroxyl groups excluding tert-OH is 1. The lowest BCUT2D eigenvalue weighted by Gasteiger charge is -2.21. The highest BCUT2D eigenvalue weighted by atomic mass is 35.5. The number of halogens is 1. The quantitative estimate of drug-likeness (QED) is 0.750. The lowest BCUT2D eigenvalue weighted by atomic mass is 10.0. The van der Waals surface area contributed by atoms with Gasteiger partial charge in [-0.3, -0.25) is 0 Å². The minimum Gasteiger partial charge on any atom is -0.391 e. The van der Waals surface area contributed by atoms with Crippen LogP contribution < -0.4 is 5.32 Å². The predicted octanol–water partition coefficient (Wildman–Crippen LogP) is 3.69. The Labute approximate surface area is 140 Å². The zero-order valence-electron chi connectivity index (χ0n) is 12.8. The molecule has 0 bridgehead atoms. The van der Waals surface area contributed by atoms with Crippen molar-refractivity contribution in [1.29, 1.82) is 0 Å². The van der Waals surface area contributed by atoms with Gasteiger partial charge in [-0.1, -0.05) is 41.9 Å². The van der Waals surface area contributed by atoms with Gasteiger partial charge in [0.15, 0.2) is 0 Å². The fraction of sp³-hybridized carbons (Fsp3) is 0.222. The van der Waals surface area contributed by atoms with Gasteiger partial charge in [0.1, 0.15) is 12.1 Å². The fourth-order valence-corrected chi connectivity index (χ4v) is 2.66. The molecule has 0 amide bonds. The Balaban J connectivity index is 1.76. The van der Waals surface area contributed by atoms with Crippen LogP contribution in [0.5, 0.6) is 0 Å². The van der Waals surface area contributed by atoms with E-state index in [1.165, 1.54) is 6.33 Å². The van der Waals surface area contributed by atoms with Gasteiger partial charge in [0.2, 0.25) is 0 Å². The number of nitrogens with one attached hydrogen (secondary N) is 1. The highest BCUT2D eigenvalue weighted by Crippen LogP contribution is 2.23. The Bertz CT molecular complexity index is 795. The Hall–Kier alpha value is -2.17. The Morgan fingerprint density at radius 3 is 2.70 bits per heavy atom. The van der Waals surface area contributed by atoms with E-state index in [-0.39, 0.29) is 6.04 Å². The average Bonchev–Trinajstić information content (AvgIpc) is 2.55. The summed E-state index contributed by atoms with van der Waals surface area (Å²) in [6.45, 7) is 1.94. The first kappa shape index (κ1) is 15.7. The van der Waals surface area contributed by atoms with Crippen LogP contribution in [0.2, 0.25) is 5.02 Å². The number of aromatic nitrogens is 2. The largest absolute Gasteiger partial charge is 0.391 e. The molecule has 0 aliphatic carbocycles. The molecule has 2 unspecified atom stereocenters. The van der Waals surface area contributed by atoms with E-state index in [0.717, 1.165) is 16.5 Å². The number of rotatable bonds is 5. The molecule has 0 spiro atoms. The van der Waals surface area contributed by atoms with Gasteiger partial charge in [-0.05, 0) is 30.7 Å². The zero-order chi connectivity index (χ0) is 16.2. The van der Waals surface area contributed by atoms with Gasteiger partial charge in [0.05, 0.1) is 17.7 Å². The second kappa shape index (κ2) is 6.94. The summed E-state index contributed by atoms with van der Waals surface area (Å²) in [6.07, 6.45) is 1.57. The van der Waals surface area contributed by atoms with E-state index < -0.39 is 6.10 Å². The van der Waals surface area contributed by atoms with Crippen molar-refractivity contribution in [3.8, 4) is 0 Å². The number of benzene rings is 2. The first-order valence-electron chi connectivity index (χ1n) is 7.52. The summed E-state index contributed by atoms with van der Waals surface area (Å²) in [4.78, 5) is 8.51. The summed E-state index contributed by atoms with van der Waals surface area (Å²) in [5, 5.41) is 15.2. The molecule has 1 heterocycles. The summed E-state index contributed by atoms with van der Waals surface area (Å²) < 4.78 is 0. The van der Waals surface area contributed by atoms with Gasteiger partial charge < -0.3 is 10.4 Å². The van der Waals surface area contributed by atoms with E-state index in [1.54, 1.807) is 6.07 Å². The lowest BCUT2D eigenvalue weighted by Crippen LogP contribution is -2.32. The molecule has 0 saturated heterocycles. The van der Waals surface area contributed by atoms with Crippen LogP contribution in [-0.4, -0.2) is 27.2 Å². The van der Waals surface area contributed by atoms with Crippen LogP contribution in [0.4, 0.5) is 5.82 Å². The van der Waals surface area contributed by atoms with Crippen LogP contribution in [0.15, 0.2) is 54.9 Å². The van der Waals surface area contributed by atoms with Crippen molar-refractivity contribution in [2.75, 3.05) is 5.32 Å². The molecule has 0 aliphatic heterocycles. The number of fused-ring (bicyclic) bond motifs is 1. The van der Waals surface area contributed by atoms with Gasteiger partial charge in [-0.15, -0.1) is 0 Å². The summed E-state index contributed by atoms with van der Waals surface area (Å²) in [5.74, 6) is 0.700. The first-order valence-corrected chi connectivity index (χ1v) is 7.90. The predicted molar refractivity (Wildman–Crippen MR) is 93.8 cm³/mol. The van der Waals surface area contributed by atoms with Crippen molar-refractivity contribution < 1.29 is 5.11 Å². The standard InChI is InChI=1S/C18H18ClN3O/c1-12(17(23)9-13-5-3-2-4-6-13)22-18-15-8-7-14(19)10-16(15)20-11-21-18/h2-8,10-12,17,23H,9H2,1H3,(H,20,21,22). The van der Waals surface area contributed by atoms with Crippen LogP contribution >= 0.6 is 11.6 Å². The van der Waals surface area contributed by atoms with E-state index in [9.17, 15) is 5.11 Å². The van der Waals surface area contributed by atoms with Gasteiger partial charge in [0, 0.05) is 16.8 Å². The Kier molecular flexibility index (Phi) is 4.74. The molecule has 2 N–H and O–H groups in total. The first-order chi connectivity index (χ1) is 11.1. The van der Waals surface area contributed by atoms with Crippen LogP contribution in [-0.2, 0) is 6.42 Å². The highest BCUT2D eigenvalue weighted by Gasteiger charge is 2.16. The molecule has 1 aromatic heterocycles. The molecule has 4 nitrogen and oxygen atoms in total. The van der Waals surface area contributed by atoms with Crippen molar-refractivity contribution in [2.45, 2.75) is 25.5 Å². The molecule has 2 atom stereocenters.